The van der Waals surface area contributed by atoms with E-state index in [0.29, 0.717) is 33.8 Å². The maximum Gasteiger partial charge on any atom is 0.257 e. The predicted octanol–water partition coefficient (Wildman–Crippen LogP) is 3.87. The van der Waals surface area contributed by atoms with Crippen molar-refractivity contribution < 1.29 is 19.0 Å². The first-order valence-electron chi connectivity index (χ1n) is 8.24. The number of amides is 1. The first-order valence-corrected chi connectivity index (χ1v) is 9.06. The highest BCUT2D eigenvalue weighted by Crippen LogP contribution is 2.34. The summed E-state index contributed by atoms with van der Waals surface area (Å²) in [7, 11) is 3.15. The van der Waals surface area contributed by atoms with E-state index in [1.165, 1.54) is 11.3 Å². The number of hydrogen-bond acceptors (Lipinski definition) is 7. The highest BCUT2D eigenvalue weighted by Gasteiger charge is 2.13. The minimum Gasteiger partial charge on any atom is -0.494 e. The molecule has 8 heteroatoms. The second kappa shape index (κ2) is 8.50. The zero-order valence-corrected chi connectivity index (χ0v) is 16.0. The highest BCUT2D eigenvalue weighted by atomic mass is 32.1. The van der Waals surface area contributed by atoms with Crippen LogP contribution in [0.5, 0.6) is 17.2 Å². The summed E-state index contributed by atoms with van der Waals surface area (Å²) in [5, 5.41) is 12.0. The topological polar surface area (TPSA) is 82.6 Å². The van der Waals surface area contributed by atoms with Gasteiger partial charge in [0.1, 0.15) is 10.8 Å². The Morgan fingerprint density at radius 2 is 1.78 bits per heavy atom. The number of methoxy groups -OCH3 is 2. The Kier molecular flexibility index (Phi) is 5.87. The van der Waals surface area contributed by atoms with E-state index in [1.54, 1.807) is 44.6 Å². The molecule has 2 aromatic carbocycles. The lowest BCUT2D eigenvalue weighted by atomic mass is 10.2. The van der Waals surface area contributed by atoms with Gasteiger partial charge < -0.3 is 14.2 Å². The summed E-state index contributed by atoms with van der Waals surface area (Å²) in [5.41, 5.74) is 1.34. The van der Waals surface area contributed by atoms with E-state index < -0.39 is 0 Å². The zero-order valence-electron chi connectivity index (χ0n) is 15.2. The van der Waals surface area contributed by atoms with E-state index in [2.05, 4.69) is 15.5 Å². The van der Waals surface area contributed by atoms with Crippen LogP contribution in [-0.4, -0.2) is 36.9 Å². The molecule has 0 bridgehead atoms. The molecule has 0 fully saturated rings. The molecule has 1 aromatic heterocycles. The molecule has 0 radical (unpaired) electrons. The summed E-state index contributed by atoms with van der Waals surface area (Å²) in [5.74, 6) is 1.70. The Morgan fingerprint density at radius 3 is 2.44 bits per heavy atom. The standard InChI is InChI=1S/C19H19N3O4S/c1-4-26-14-8-5-12(6-9-14)17(23)20-19-22-21-18(27-19)13-7-10-15(24-2)16(11-13)25-3/h5-11H,4H2,1-3H3,(H,20,22,23). The molecule has 1 N–H and O–H groups in total. The van der Waals surface area contributed by atoms with Crippen molar-refractivity contribution in [2.75, 3.05) is 26.1 Å². The fraction of sp³-hybridized carbons (Fsp3) is 0.211. The number of anilines is 1. The lowest BCUT2D eigenvalue weighted by molar-refractivity contribution is 0.102. The molecule has 0 saturated heterocycles. The van der Waals surface area contributed by atoms with Crippen LogP contribution in [0.2, 0.25) is 0 Å². The van der Waals surface area contributed by atoms with Crippen LogP contribution in [-0.2, 0) is 0 Å². The molecule has 0 spiro atoms. The zero-order chi connectivity index (χ0) is 19.2. The van der Waals surface area contributed by atoms with Crippen LogP contribution in [0.3, 0.4) is 0 Å². The van der Waals surface area contributed by atoms with Crippen molar-refractivity contribution in [2.24, 2.45) is 0 Å². The smallest absolute Gasteiger partial charge is 0.257 e. The second-order valence-electron chi connectivity index (χ2n) is 5.39. The van der Waals surface area contributed by atoms with Crippen LogP contribution in [0, 0.1) is 0 Å². The van der Waals surface area contributed by atoms with Crippen molar-refractivity contribution in [3.8, 4) is 27.8 Å². The van der Waals surface area contributed by atoms with Crippen LogP contribution in [0.15, 0.2) is 42.5 Å². The number of ether oxygens (including phenoxy) is 3. The van der Waals surface area contributed by atoms with Crippen molar-refractivity contribution in [2.45, 2.75) is 6.92 Å². The van der Waals surface area contributed by atoms with Crippen molar-refractivity contribution in [1.29, 1.82) is 0 Å². The van der Waals surface area contributed by atoms with Crippen molar-refractivity contribution in [3.63, 3.8) is 0 Å². The molecule has 140 valence electrons. The fourth-order valence-corrected chi connectivity index (χ4v) is 3.13. The SMILES string of the molecule is CCOc1ccc(C(=O)Nc2nnc(-c3ccc(OC)c(OC)c3)s2)cc1. The molecule has 7 nitrogen and oxygen atoms in total. The molecule has 0 aliphatic carbocycles. The van der Waals surface area contributed by atoms with Gasteiger partial charge in [0.15, 0.2) is 11.5 Å². The Hall–Kier alpha value is -3.13. The summed E-state index contributed by atoms with van der Waals surface area (Å²) < 4.78 is 15.9. The Morgan fingerprint density at radius 1 is 1.04 bits per heavy atom. The lowest BCUT2D eigenvalue weighted by Crippen LogP contribution is -2.11. The summed E-state index contributed by atoms with van der Waals surface area (Å²) in [6.45, 7) is 2.49. The molecule has 3 rings (SSSR count). The number of carbonyl (C=O) groups is 1. The minimum absolute atomic E-state index is 0.256. The van der Waals surface area contributed by atoms with Crippen LogP contribution >= 0.6 is 11.3 Å². The number of nitrogens with zero attached hydrogens (tertiary/aromatic N) is 2. The molecule has 1 heterocycles. The van der Waals surface area contributed by atoms with Gasteiger partial charge in [-0.15, -0.1) is 10.2 Å². The molecule has 3 aromatic rings. The lowest BCUT2D eigenvalue weighted by Gasteiger charge is -2.07. The Labute approximate surface area is 160 Å². The third kappa shape index (κ3) is 4.35. The molecule has 0 aliphatic rings. The van der Waals surface area contributed by atoms with E-state index in [9.17, 15) is 4.79 Å². The van der Waals surface area contributed by atoms with Crippen LogP contribution in [0.1, 0.15) is 17.3 Å². The minimum atomic E-state index is -0.256. The van der Waals surface area contributed by atoms with E-state index in [1.807, 2.05) is 19.1 Å². The highest BCUT2D eigenvalue weighted by molar-refractivity contribution is 7.18. The third-order valence-corrected chi connectivity index (χ3v) is 4.59. The molecule has 0 aliphatic heterocycles. The average Bonchev–Trinajstić information content (AvgIpc) is 3.16. The van der Waals surface area contributed by atoms with E-state index in [0.717, 1.165) is 11.3 Å². The number of aromatic nitrogens is 2. The number of carbonyl (C=O) groups excluding carboxylic acids is 1. The molecular weight excluding hydrogens is 366 g/mol. The maximum atomic E-state index is 12.4. The van der Waals surface area contributed by atoms with Gasteiger partial charge in [0.25, 0.3) is 5.91 Å². The van der Waals surface area contributed by atoms with E-state index >= 15 is 0 Å². The molecule has 1 amide bonds. The van der Waals surface area contributed by atoms with Crippen LogP contribution < -0.4 is 19.5 Å². The molecule has 0 saturated carbocycles. The monoisotopic (exact) mass is 385 g/mol. The van der Waals surface area contributed by atoms with Crippen LogP contribution in [0.25, 0.3) is 10.6 Å². The molecule has 27 heavy (non-hydrogen) atoms. The first-order chi connectivity index (χ1) is 13.1. The van der Waals surface area contributed by atoms with Gasteiger partial charge in [0, 0.05) is 11.1 Å². The Balaban J connectivity index is 1.73. The second-order valence-corrected chi connectivity index (χ2v) is 6.37. The van der Waals surface area contributed by atoms with Crippen LogP contribution in [0.4, 0.5) is 5.13 Å². The summed E-state index contributed by atoms with van der Waals surface area (Å²) in [6.07, 6.45) is 0. The summed E-state index contributed by atoms with van der Waals surface area (Å²) >= 11 is 1.28. The number of nitrogens with one attached hydrogen (secondary N) is 1. The number of hydrogen-bond donors (Lipinski definition) is 1. The summed E-state index contributed by atoms with van der Waals surface area (Å²) in [6, 6.07) is 12.4. The van der Waals surface area contributed by atoms with Gasteiger partial charge in [-0.1, -0.05) is 11.3 Å². The van der Waals surface area contributed by atoms with Gasteiger partial charge in [-0.3, -0.25) is 10.1 Å². The summed E-state index contributed by atoms with van der Waals surface area (Å²) in [4.78, 5) is 12.4. The van der Waals surface area contributed by atoms with Gasteiger partial charge in [0.2, 0.25) is 5.13 Å². The van der Waals surface area contributed by atoms with Gasteiger partial charge in [-0.2, -0.15) is 0 Å². The molecular formula is C19H19N3O4S. The van der Waals surface area contributed by atoms with Crippen molar-refractivity contribution in [3.05, 3.63) is 48.0 Å². The van der Waals surface area contributed by atoms with Crippen molar-refractivity contribution >= 4 is 22.4 Å². The third-order valence-electron chi connectivity index (χ3n) is 3.70. The van der Waals surface area contributed by atoms with Gasteiger partial charge in [0.05, 0.1) is 20.8 Å². The molecule has 0 atom stereocenters. The van der Waals surface area contributed by atoms with Gasteiger partial charge in [-0.05, 0) is 49.4 Å². The molecule has 0 unspecified atom stereocenters. The van der Waals surface area contributed by atoms with Gasteiger partial charge in [-0.25, -0.2) is 0 Å². The van der Waals surface area contributed by atoms with E-state index in [-0.39, 0.29) is 5.91 Å². The Bertz CT molecular complexity index is 925. The number of benzene rings is 2. The number of rotatable bonds is 7. The van der Waals surface area contributed by atoms with Crippen molar-refractivity contribution in [1.82, 2.24) is 10.2 Å². The predicted molar refractivity (Wildman–Crippen MR) is 104 cm³/mol. The quantitative estimate of drug-likeness (QED) is 0.665. The maximum absolute atomic E-state index is 12.4. The van der Waals surface area contributed by atoms with Gasteiger partial charge >= 0.3 is 0 Å². The largest absolute Gasteiger partial charge is 0.494 e. The normalized spacial score (nSPS) is 10.3. The fourth-order valence-electron chi connectivity index (χ4n) is 2.40. The van der Waals surface area contributed by atoms with E-state index in [4.69, 9.17) is 14.2 Å². The average molecular weight is 385 g/mol. The first kappa shape index (κ1) is 18.7.